The molecule has 132 valence electrons. The van der Waals surface area contributed by atoms with E-state index in [1.807, 2.05) is 26.8 Å². The summed E-state index contributed by atoms with van der Waals surface area (Å²) in [6.07, 6.45) is -0.276. The van der Waals surface area contributed by atoms with Gasteiger partial charge in [0.2, 0.25) is 0 Å². The molecule has 0 aromatic heterocycles. The fourth-order valence-corrected chi connectivity index (χ4v) is 2.76. The fraction of sp³-hybridized carbons (Fsp3) is 0.556. The van der Waals surface area contributed by atoms with Crippen LogP contribution in [0.4, 0.5) is 4.79 Å². The second-order valence-electron chi connectivity index (χ2n) is 7.25. The lowest BCUT2D eigenvalue weighted by molar-refractivity contribution is 0.00458. The van der Waals surface area contributed by atoms with Gasteiger partial charge in [0.15, 0.2) is 0 Å². The van der Waals surface area contributed by atoms with Gasteiger partial charge in [0.1, 0.15) is 5.60 Å². The molecule has 1 heterocycles. The van der Waals surface area contributed by atoms with Crippen LogP contribution < -0.4 is 0 Å². The SMILES string of the molecule is C[C@H]1CN(C(=O)OC(C)(C)C)CCN1Cc1cccc(C(=O)O)c1. The number of carboxylic acid groups (broad SMARTS) is 1. The predicted molar refractivity (Wildman–Crippen MR) is 91.1 cm³/mol. The van der Waals surface area contributed by atoms with Crippen LogP contribution in [0.25, 0.3) is 0 Å². The van der Waals surface area contributed by atoms with E-state index in [1.54, 1.807) is 23.1 Å². The molecule has 2 rings (SSSR count). The van der Waals surface area contributed by atoms with E-state index in [9.17, 15) is 9.59 Å². The summed E-state index contributed by atoms with van der Waals surface area (Å²) in [6, 6.07) is 7.17. The smallest absolute Gasteiger partial charge is 0.410 e. The number of rotatable bonds is 3. The summed E-state index contributed by atoms with van der Waals surface area (Å²) in [6.45, 7) is 10.3. The van der Waals surface area contributed by atoms with Crippen LogP contribution in [-0.4, -0.2) is 58.2 Å². The molecule has 0 bridgehead atoms. The lowest BCUT2D eigenvalue weighted by atomic mass is 10.1. The molecule has 1 N–H and O–H groups in total. The van der Waals surface area contributed by atoms with E-state index < -0.39 is 11.6 Å². The molecule has 1 saturated heterocycles. The fourth-order valence-electron chi connectivity index (χ4n) is 2.76. The number of hydrogen-bond acceptors (Lipinski definition) is 4. The van der Waals surface area contributed by atoms with Crippen molar-refractivity contribution in [2.45, 2.75) is 45.9 Å². The number of benzene rings is 1. The zero-order valence-corrected chi connectivity index (χ0v) is 14.8. The molecule has 1 aliphatic heterocycles. The highest BCUT2D eigenvalue weighted by Gasteiger charge is 2.29. The van der Waals surface area contributed by atoms with Gasteiger partial charge in [-0.25, -0.2) is 9.59 Å². The number of ether oxygens (including phenoxy) is 1. The highest BCUT2D eigenvalue weighted by molar-refractivity contribution is 5.87. The number of carbonyl (C=O) groups excluding carboxylic acids is 1. The molecule has 1 atom stereocenters. The summed E-state index contributed by atoms with van der Waals surface area (Å²) in [5.74, 6) is -0.917. The van der Waals surface area contributed by atoms with Crippen molar-refractivity contribution in [2.24, 2.45) is 0 Å². The average Bonchev–Trinajstić information content (AvgIpc) is 2.48. The van der Waals surface area contributed by atoms with Gasteiger partial charge in [-0.05, 0) is 45.4 Å². The van der Waals surface area contributed by atoms with E-state index in [4.69, 9.17) is 9.84 Å². The predicted octanol–water partition coefficient (Wildman–Crippen LogP) is 2.83. The van der Waals surface area contributed by atoms with Gasteiger partial charge in [-0.2, -0.15) is 0 Å². The Balaban J connectivity index is 1.95. The van der Waals surface area contributed by atoms with Crippen LogP contribution >= 0.6 is 0 Å². The maximum Gasteiger partial charge on any atom is 0.410 e. The minimum atomic E-state index is -0.917. The Morgan fingerprint density at radius 2 is 2.00 bits per heavy atom. The molecule has 1 aliphatic rings. The molecule has 1 fully saturated rings. The van der Waals surface area contributed by atoms with Gasteiger partial charge >= 0.3 is 12.1 Å². The first kappa shape index (κ1) is 18.3. The van der Waals surface area contributed by atoms with Crippen LogP contribution in [0.5, 0.6) is 0 Å². The number of aromatic carboxylic acids is 1. The van der Waals surface area contributed by atoms with E-state index >= 15 is 0 Å². The second-order valence-corrected chi connectivity index (χ2v) is 7.25. The third kappa shape index (κ3) is 4.96. The molecule has 24 heavy (non-hydrogen) atoms. The molecule has 6 heteroatoms. The monoisotopic (exact) mass is 334 g/mol. The van der Waals surface area contributed by atoms with Gasteiger partial charge in [0, 0.05) is 32.2 Å². The Morgan fingerprint density at radius 3 is 2.58 bits per heavy atom. The van der Waals surface area contributed by atoms with Crippen molar-refractivity contribution in [1.82, 2.24) is 9.80 Å². The molecule has 0 aliphatic carbocycles. The summed E-state index contributed by atoms with van der Waals surface area (Å²) >= 11 is 0. The third-order valence-electron chi connectivity index (χ3n) is 3.98. The average molecular weight is 334 g/mol. The molecule has 0 spiro atoms. The van der Waals surface area contributed by atoms with Crippen LogP contribution in [0.1, 0.15) is 43.6 Å². The Bertz CT molecular complexity index is 609. The van der Waals surface area contributed by atoms with Crippen LogP contribution in [-0.2, 0) is 11.3 Å². The molecule has 0 saturated carbocycles. The third-order valence-corrected chi connectivity index (χ3v) is 3.98. The van der Waals surface area contributed by atoms with Crippen molar-refractivity contribution in [1.29, 1.82) is 0 Å². The summed E-state index contributed by atoms with van der Waals surface area (Å²) in [4.78, 5) is 27.2. The quantitative estimate of drug-likeness (QED) is 0.920. The summed E-state index contributed by atoms with van der Waals surface area (Å²) in [5, 5.41) is 9.08. The molecular formula is C18H26N2O4. The molecule has 0 radical (unpaired) electrons. The van der Waals surface area contributed by atoms with E-state index in [1.165, 1.54) is 0 Å². The molecule has 1 aromatic carbocycles. The minimum absolute atomic E-state index is 0.180. The molecule has 1 amide bonds. The van der Waals surface area contributed by atoms with E-state index in [0.29, 0.717) is 25.2 Å². The molecule has 1 aromatic rings. The molecular weight excluding hydrogens is 308 g/mol. The number of nitrogens with zero attached hydrogens (tertiary/aromatic N) is 2. The first-order valence-corrected chi connectivity index (χ1v) is 8.20. The zero-order valence-electron chi connectivity index (χ0n) is 14.8. The Labute approximate surface area is 143 Å². The summed E-state index contributed by atoms with van der Waals surface area (Å²) in [7, 11) is 0. The Kier molecular flexibility index (Phi) is 5.49. The highest BCUT2D eigenvalue weighted by Crippen LogP contribution is 2.17. The lowest BCUT2D eigenvalue weighted by Crippen LogP contribution is -2.54. The first-order chi connectivity index (χ1) is 11.2. The standard InChI is InChI=1S/C18H26N2O4/c1-13-11-20(17(23)24-18(2,3)4)9-8-19(13)12-14-6-5-7-15(10-14)16(21)22/h5-7,10,13H,8-9,11-12H2,1-4H3,(H,21,22)/t13-/m0/s1. The highest BCUT2D eigenvalue weighted by atomic mass is 16.6. The Hall–Kier alpha value is -2.08. The normalized spacial score (nSPS) is 19.2. The van der Waals surface area contributed by atoms with Crippen LogP contribution in [0.3, 0.4) is 0 Å². The maximum absolute atomic E-state index is 12.2. The van der Waals surface area contributed by atoms with Crippen molar-refractivity contribution >= 4 is 12.1 Å². The largest absolute Gasteiger partial charge is 0.478 e. The van der Waals surface area contributed by atoms with Crippen molar-refractivity contribution < 1.29 is 19.4 Å². The molecule has 0 unspecified atom stereocenters. The number of carbonyl (C=O) groups is 2. The van der Waals surface area contributed by atoms with E-state index in [-0.39, 0.29) is 12.1 Å². The van der Waals surface area contributed by atoms with Gasteiger partial charge in [0.05, 0.1) is 5.56 Å². The summed E-state index contributed by atoms with van der Waals surface area (Å²) in [5.41, 5.74) is 0.773. The van der Waals surface area contributed by atoms with Gasteiger partial charge in [0.25, 0.3) is 0 Å². The number of carboxylic acids is 1. The lowest BCUT2D eigenvalue weighted by Gasteiger charge is -2.40. The number of piperazine rings is 1. The number of amides is 1. The van der Waals surface area contributed by atoms with Gasteiger partial charge < -0.3 is 14.7 Å². The first-order valence-electron chi connectivity index (χ1n) is 8.20. The second kappa shape index (κ2) is 7.21. The van der Waals surface area contributed by atoms with Crippen LogP contribution in [0.2, 0.25) is 0 Å². The van der Waals surface area contributed by atoms with Crippen molar-refractivity contribution in [3.63, 3.8) is 0 Å². The number of hydrogen-bond donors (Lipinski definition) is 1. The topological polar surface area (TPSA) is 70.1 Å². The van der Waals surface area contributed by atoms with Gasteiger partial charge in [-0.3, -0.25) is 4.90 Å². The van der Waals surface area contributed by atoms with E-state index in [0.717, 1.165) is 12.1 Å². The van der Waals surface area contributed by atoms with Crippen molar-refractivity contribution in [3.05, 3.63) is 35.4 Å². The zero-order chi connectivity index (χ0) is 17.9. The maximum atomic E-state index is 12.2. The van der Waals surface area contributed by atoms with Crippen molar-refractivity contribution in [2.75, 3.05) is 19.6 Å². The van der Waals surface area contributed by atoms with E-state index in [2.05, 4.69) is 11.8 Å². The van der Waals surface area contributed by atoms with Crippen LogP contribution in [0.15, 0.2) is 24.3 Å². The van der Waals surface area contributed by atoms with Gasteiger partial charge in [-0.15, -0.1) is 0 Å². The van der Waals surface area contributed by atoms with Gasteiger partial charge in [-0.1, -0.05) is 12.1 Å². The van der Waals surface area contributed by atoms with Crippen LogP contribution in [0, 0.1) is 0 Å². The Morgan fingerprint density at radius 1 is 1.29 bits per heavy atom. The summed E-state index contributed by atoms with van der Waals surface area (Å²) < 4.78 is 5.42. The molecule has 6 nitrogen and oxygen atoms in total. The van der Waals surface area contributed by atoms with Crippen molar-refractivity contribution in [3.8, 4) is 0 Å². The minimum Gasteiger partial charge on any atom is -0.478 e.